The molecule has 0 spiro atoms. The van der Waals surface area contributed by atoms with E-state index in [2.05, 4.69) is 26.8 Å². The molecule has 5 nitrogen and oxygen atoms in total. The summed E-state index contributed by atoms with van der Waals surface area (Å²) in [7, 11) is 0. The van der Waals surface area contributed by atoms with Crippen molar-refractivity contribution in [1.82, 2.24) is 0 Å². The van der Waals surface area contributed by atoms with Gasteiger partial charge in [-0.25, -0.2) is 0 Å². The monoisotopic (exact) mass is 326 g/mol. The summed E-state index contributed by atoms with van der Waals surface area (Å²) in [4.78, 5) is 24.2. The summed E-state index contributed by atoms with van der Waals surface area (Å²) in [6, 6.07) is 4.03. The number of ketones is 1. The van der Waals surface area contributed by atoms with Gasteiger partial charge in [-0.3, -0.25) is 9.59 Å². The van der Waals surface area contributed by atoms with Crippen LogP contribution in [0.4, 0.5) is 0 Å². The van der Waals surface area contributed by atoms with Gasteiger partial charge in [0.1, 0.15) is 6.42 Å². The van der Waals surface area contributed by atoms with E-state index in [0.29, 0.717) is 5.92 Å². The van der Waals surface area contributed by atoms with Gasteiger partial charge < -0.3 is 9.84 Å². The minimum absolute atomic E-state index is 0.1000. The van der Waals surface area contributed by atoms with Crippen LogP contribution in [-0.2, 0) is 10.3 Å². The Kier molecular flexibility index (Phi) is 2.87. The number of carbonyl (C=O) groups excluding carboxylic acids is 2. The third kappa shape index (κ3) is 1.84. The fraction of sp³-hybridized carbons (Fsp3) is 0.421. The molecular weight excluding hydrogens is 306 g/mol. The van der Waals surface area contributed by atoms with E-state index in [1.807, 2.05) is 17.6 Å². The Morgan fingerprint density at radius 3 is 2.71 bits per heavy atom. The predicted molar refractivity (Wildman–Crippen MR) is 87.5 cm³/mol. The summed E-state index contributed by atoms with van der Waals surface area (Å²) in [5, 5.41) is 11.6. The smallest absolute Gasteiger partial charge is 0.381 e. The van der Waals surface area contributed by atoms with Crippen LogP contribution in [0.25, 0.3) is 10.9 Å². The number of hydrogen-bond donors (Lipinski definition) is 1. The lowest BCUT2D eigenvalue weighted by Gasteiger charge is -2.32. The van der Waals surface area contributed by atoms with Crippen LogP contribution in [0.1, 0.15) is 61.0 Å². The van der Waals surface area contributed by atoms with Crippen molar-refractivity contribution in [2.24, 2.45) is 0 Å². The maximum atomic E-state index is 12.4. The molecule has 124 valence electrons. The SMILES string of the molecule is Cc1cc2c3c(c1)c1c(c(O)[n+]3C(C)(C)CC2C)C(=O)CC(=O)O1. The van der Waals surface area contributed by atoms with Gasteiger partial charge in [0.25, 0.3) is 0 Å². The van der Waals surface area contributed by atoms with Crippen molar-refractivity contribution in [3.63, 3.8) is 0 Å². The highest BCUT2D eigenvalue weighted by atomic mass is 16.5. The van der Waals surface area contributed by atoms with E-state index in [-0.39, 0.29) is 34.9 Å². The fourth-order valence-corrected chi connectivity index (χ4v) is 4.33. The van der Waals surface area contributed by atoms with E-state index in [1.54, 1.807) is 0 Å². The van der Waals surface area contributed by atoms with E-state index in [4.69, 9.17) is 4.74 Å². The van der Waals surface area contributed by atoms with E-state index in [1.165, 1.54) is 0 Å². The molecule has 1 unspecified atom stereocenters. The highest BCUT2D eigenvalue weighted by Gasteiger charge is 2.47. The van der Waals surface area contributed by atoms with Crippen LogP contribution in [0.15, 0.2) is 12.1 Å². The lowest BCUT2D eigenvalue weighted by Crippen LogP contribution is -2.56. The molecule has 0 saturated heterocycles. The van der Waals surface area contributed by atoms with E-state index >= 15 is 0 Å². The van der Waals surface area contributed by atoms with Crippen molar-refractivity contribution in [2.75, 3.05) is 0 Å². The number of aryl methyl sites for hydroxylation is 1. The number of hydrogen-bond acceptors (Lipinski definition) is 4. The number of aromatic nitrogens is 1. The summed E-state index contributed by atoms with van der Waals surface area (Å²) in [6.07, 6.45) is 0.519. The van der Waals surface area contributed by atoms with Gasteiger partial charge >= 0.3 is 11.8 Å². The lowest BCUT2D eigenvalue weighted by atomic mass is 9.80. The molecule has 4 rings (SSSR count). The zero-order chi connectivity index (χ0) is 17.4. The van der Waals surface area contributed by atoms with Crippen molar-refractivity contribution in [2.45, 2.75) is 52.0 Å². The third-order valence-electron chi connectivity index (χ3n) is 5.16. The lowest BCUT2D eigenvalue weighted by molar-refractivity contribution is -0.743. The average molecular weight is 326 g/mol. The molecule has 0 bridgehead atoms. The molecule has 2 aromatic rings. The molecular formula is C19H20NO4+. The molecule has 0 amide bonds. The Labute approximate surface area is 139 Å². The number of aromatic hydroxyl groups is 1. The number of pyridine rings is 1. The molecule has 24 heavy (non-hydrogen) atoms. The molecule has 1 aromatic heterocycles. The molecule has 5 heteroatoms. The average Bonchev–Trinajstić information content (AvgIpc) is 2.44. The van der Waals surface area contributed by atoms with Crippen molar-refractivity contribution in [3.8, 4) is 11.6 Å². The van der Waals surface area contributed by atoms with Crippen LogP contribution in [0, 0.1) is 6.92 Å². The molecule has 3 heterocycles. The molecule has 0 radical (unpaired) electrons. The standard InChI is InChI=1S/C19H19NO4/c1-9-5-11-10(2)8-19(3,4)20-16(11)12(6-9)17-15(18(20)23)13(21)7-14(22)24-17/h5-6,10H,7-8H2,1-4H3/p+1. The fourth-order valence-electron chi connectivity index (χ4n) is 4.33. The molecule has 1 aromatic carbocycles. The van der Waals surface area contributed by atoms with E-state index in [9.17, 15) is 14.7 Å². The summed E-state index contributed by atoms with van der Waals surface area (Å²) < 4.78 is 7.24. The molecule has 1 N–H and O–H groups in total. The number of nitrogens with zero attached hydrogens (tertiary/aromatic N) is 1. The molecule has 2 aliphatic heterocycles. The summed E-state index contributed by atoms with van der Waals surface area (Å²) >= 11 is 0. The maximum absolute atomic E-state index is 12.4. The zero-order valence-electron chi connectivity index (χ0n) is 14.3. The number of ether oxygens (including phenoxy) is 1. The Bertz CT molecular complexity index is 943. The first kappa shape index (κ1) is 15.1. The highest BCUT2D eigenvalue weighted by molar-refractivity contribution is 6.15. The number of Topliss-reactive ketones (excluding diaryl/α,β-unsaturated/α-hetero) is 1. The van der Waals surface area contributed by atoms with Crippen LogP contribution in [-0.4, -0.2) is 16.9 Å². The van der Waals surface area contributed by atoms with Gasteiger partial charge in [-0.15, -0.1) is 0 Å². The van der Waals surface area contributed by atoms with E-state index in [0.717, 1.165) is 28.5 Å². The molecule has 0 aliphatic carbocycles. The van der Waals surface area contributed by atoms with Crippen LogP contribution in [0.2, 0.25) is 0 Å². The van der Waals surface area contributed by atoms with Crippen LogP contribution >= 0.6 is 0 Å². The van der Waals surface area contributed by atoms with Gasteiger partial charge in [-0.2, -0.15) is 4.57 Å². The molecule has 0 fully saturated rings. The Morgan fingerprint density at radius 1 is 1.29 bits per heavy atom. The molecule has 2 aliphatic rings. The minimum Gasteiger partial charge on any atom is -0.459 e. The van der Waals surface area contributed by atoms with E-state index < -0.39 is 5.97 Å². The van der Waals surface area contributed by atoms with Crippen molar-refractivity contribution < 1.29 is 24.0 Å². The number of carbonyl (C=O) groups is 2. The second-order valence-electron chi connectivity index (χ2n) is 7.61. The van der Waals surface area contributed by atoms with Crippen LogP contribution < -0.4 is 9.30 Å². The number of benzene rings is 1. The number of esters is 1. The quantitative estimate of drug-likeness (QED) is 0.459. The zero-order valence-corrected chi connectivity index (χ0v) is 14.3. The highest BCUT2D eigenvalue weighted by Crippen LogP contribution is 2.45. The van der Waals surface area contributed by atoms with Gasteiger partial charge in [0.05, 0.1) is 5.39 Å². The summed E-state index contributed by atoms with van der Waals surface area (Å²) in [5.41, 5.74) is 2.78. The second kappa shape index (κ2) is 4.56. The van der Waals surface area contributed by atoms with Gasteiger partial charge in [0, 0.05) is 25.8 Å². The first-order chi connectivity index (χ1) is 11.2. The minimum atomic E-state index is -0.571. The Morgan fingerprint density at radius 2 is 2.00 bits per heavy atom. The first-order valence-corrected chi connectivity index (χ1v) is 8.20. The molecule has 1 atom stereocenters. The third-order valence-corrected chi connectivity index (χ3v) is 5.16. The Hall–Kier alpha value is -2.43. The van der Waals surface area contributed by atoms with Crippen LogP contribution in [0.5, 0.6) is 11.6 Å². The topological polar surface area (TPSA) is 67.5 Å². The normalized spacial score (nSPS) is 21.6. The van der Waals surface area contributed by atoms with Gasteiger partial charge in [0.2, 0.25) is 5.52 Å². The number of fused-ring (bicyclic) bond motifs is 2. The van der Waals surface area contributed by atoms with Crippen molar-refractivity contribution >= 4 is 22.7 Å². The number of rotatable bonds is 0. The van der Waals surface area contributed by atoms with Gasteiger partial charge in [-0.1, -0.05) is 6.92 Å². The van der Waals surface area contributed by atoms with Crippen molar-refractivity contribution in [1.29, 1.82) is 0 Å². The summed E-state index contributed by atoms with van der Waals surface area (Å²) in [6.45, 7) is 8.25. The maximum Gasteiger partial charge on any atom is 0.381 e. The Balaban J connectivity index is 2.26. The molecule has 0 saturated carbocycles. The second-order valence-corrected chi connectivity index (χ2v) is 7.61. The van der Waals surface area contributed by atoms with Gasteiger partial charge in [-0.05, 0) is 30.5 Å². The van der Waals surface area contributed by atoms with Crippen molar-refractivity contribution in [3.05, 3.63) is 28.8 Å². The predicted octanol–water partition coefficient (Wildman–Crippen LogP) is 2.88. The first-order valence-electron chi connectivity index (χ1n) is 8.20. The largest absolute Gasteiger partial charge is 0.459 e. The summed E-state index contributed by atoms with van der Waals surface area (Å²) in [5.74, 6) is -0.554. The van der Waals surface area contributed by atoms with Crippen LogP contribution in [0.3, 0.4) is 0 Å². The van der Waals surface area contributed by atoms with Gasteiger partial charge in [0.15, 0.2) is 22.6 Å².